The average Bonchev–Trinajstić information content (AvgIpc) is 3.10. The zero-order valence-corrected chi connectivity index (χ0v) is 11.0. The summed E-state index contributed by atoms with van der Waals surface area (Å²) in [5.74, 6) is 1.27. The molecule has 19 heavy (non-hydrogen) atoms. The summed E-state index contributed by atoms with van der Waals surface area (Å²) in [5, 5.41) is 7.58. The van der Waals surface area contributed by atoms with Gasteiger partial charge in [-0.15, -0.1) is 0 Å². The summed E-state index contributed by atoms with van der Waals surface area (Å²) >= 11 is 0. The van der Waals surface area contributed by atoms with Crippen molar-refractivity contribution in [2.24, 2.45) is 0 Å². The normalized spacial score (nSPS) is 17.7. The van der Waals surface area contributed by atoms with Gasteiger partial charge >= 0.3 is 0 Å². The molecule has 3 rings (SSSR count). The third-order valence-corrected chi connectivity index (χ3v) is 3.59. The van der Waals surface area contributed by atoms with Crippen LogP contribution >= 0.6 is 0 Å². The van der Waals surface area contributed by atoms with Crippen molar-refractivity contribution in [3.8, 4) is 11.4 Å². The van der Waals surface area contributed by atoms with Crippen LogP contribution in [0.4, 0.5) is 0 Å². The van der Waals surface area contributed by atoms with Crippen molar-refractivity contribution in [3.05, 3.63) is 30.4 Å². The predicted molar refractivity (Wildman–Crippen MR) is 71.3 cm³/mol. The Morgan fingerprint density at radius 3 is 2.74 bits per heavy atom. The molecule has 5 heteroatoms. The summed E-state index contributed by atoms with van der Waals surface area (Å²) in [4.78, 5) is 8.44. The maximum absolute atomic E-state index is 5.35. The van der Waals surface area contributed by atoms with Gasteiger partial charge in [0, 0.05) is 24.0 Å². The fourth-order valence-electron chi connectivity index (χ4n) is 2.55. The molecule has 2 aromatic rings. The summed E-state index contributed by atoms with van der Waals surface area (Å²) in [5.41, 5.74) is 0.929. The molecule has 0 radical (unpaired) electrons. The van der Waals surface area contributed by atoms with Gasteiger partial charge in [0.2, 0.25) is 11.7 Å². The van der Waals surface area contributed by atoms with Crippen molar-refractivity contribution >= 4 is 0 Å². The van der Waals surface area contributed by atoms with Crippen LogP contribution in [-0.2, 0) is 0 Å². The molecule has 1 atom stereocenters. The molecule has 100 valence electrons. The molecule has 1 fully saturated rings. The minimum absolute atomic E-state index is 0.103. The first kappa shape index (κ1) is 12.3. The van der Waals surface area contributed by atoms with E-state index in [9.17, 15) is 0 Å². The monoisotopic (exact) mass is 258 g/mol. The van der Waals surface area contributed by atoms with Crippen LogP contribution in [0.5, 0.6) is 0 Å². The molecule has 0 amide bonds. The average molecular weight is 258 g/mol. The van der Waals surface area contributed by atoms with Crippen molar-refractivity contribution in [2.75, 3.05) is 0 Å². The second-order valence-electron chi connectivity index (χ2n) is 5.06. The highest BCUT2D eigenvalue weighted by molar-refractivity contribution is 5.52. The number of aromatic nitrogens is 3. The lowest BCUT2D eigenvalue weighted by Crippen LogP contribution is -2.29. The van der Waals surface area contributed by atoms with E-state index in [0.29, 0.717) is 17.8 Å². The topological polar surface area (TPSA) is 63.8 Å². The van der Waals surface area contributed by atoms with Crippen LogP contribution in [0, 0.1) is 0 Å². The van der Waals surface area contributed by atoms with Gasteiger partial charge in [0.25, 0.3) is 0 Å². The SMILES string of the molecule is CC(NC1CCCC1)c1nc(-c2ccncc2)no1. The zero-order valence-electron chi connectivity index (χ0n) is 11.0. The van der Waals surface area contributed by atoms with E-state index < -0.39 is 0 Å². The molecule has 1 N–H and O–H groups in total. The van der Waals surface area contributed by atoms with E-state index in [1.165, 1.54) is 25.7 Å². The predicted octanol–water partition coefficient (Wildman–Crippen LogP) is 2.72. The van der Waals surface area contributed by atoms with Gasteiger partial charge in [0.15, 0.2) is 0 Å². The molecular formula is C14H18N4O. The first-order valence-corrected chi connectivity index (χ1v) is 6.83. The molecule has 1 aliphatic rings. The van der Waals surface area contributed by atoms with Crippen LogP contribution in [0.25, 0.3) is 11.4 Å². The molecule has 0 saturated heterocycles. The summed E-state index contributed by atoms with van der Waals surface area (Å²) < 4.78 is 5.35. The lowest BCUT2D eigenvalue weighted by molar-refractivity contribution is 0.323. The van der Waals surface area contributed by atoms with E-state index in [2.05, 4.69) is 27.4 Å². The van der Waals surface area contributed by atoms with Crippen LogP contribution in [0.2, 0.25) is 0 Å². The number of pyridine rings is 1. The van der Waals surface area contributed by atoms with Gasteiger partial charge < -0.3 is 9.84 Å². The van der Waals surface area contributed by atoms with Gasteiger partial charge in [-0.2, -0.15) is 4.98 Å². The maximum atomic E-state index is 5.35. The van der Waals surface area contributed by atoms with Crippen LogP contribution in [-0.4, -0.2) is 21.2 Å². The van der Waals surface area contributed by atoms with Gasteiger partial charge in [-0.05, 0) is 31.9 Å². The Morgan fingerprint density at radius 1 is 1.26 bits per heavy atom. The molecule has 0 aliphatic heterocycles. The molecule has 0 aromatic carbocycles. The van der Waals surface area contributed by atoms with Gasteiger partial charge in [-0.25, -0.2) is 0 Å². The van der Waals surface area contributed by atoms with E-state index in [4.69, 9.17) is 4.52 Å². The van der Waals surface area contributed by atoms with Crippen molar-refractivity contribution in [1.29, 1.82) is 0 Å². The second kappa shape index (κ2) is 5.48. The van der Waals surface area contributed by atoms with E-state index in [0.717, 1.165) is 5.56 Å². The summed E-state index contributed by atoms with van der Waals surface area (Å²) in [7, 11) is 0. The molecule has 1 unspecified atom stereocenters. The number of rotatable bonds is 4. The smallest absolute Gasteiger partial charge is 0.243 e. The minimum Gasteiger partial charge on any atom is -0.337 e. The fraction of sp³-hybridized carbons (Fsp3) is 0.500. The molecule has 0 bridgehead atoms. The number of hydrogen-bond donors (Lipinski definition) is 1. The third kappa shape index (κ3) is 2.81. The Hall–Kier alpha value is -1.75. The van der Waals surface area contributed by atoms with E-state index >= 15 is 0 Å². The molecule has 1 saturated carbocycles. The fourth-order valence-corrected chi connectivity index (χ4v) is 2.55. The van der Waals surface area contributed by atoms with E-state index in [1.807, 2.05) is 12.1 Å². The Labute approximate surface area is 112 Å². The van der Waals surface area contributed by atoms with Gasteiger partial charge in [0.1, 0.15) is 0 Å². The van der Waals surface area contributed by atoms with Crippen LogP contribution in [0.1, 0.15) is 44.5 Å². The minimum atomic E-state index is 0.103. The summed E-state index contributed by atoms with van der Waals surface area (Å²) in [6.45, 7) is 2.07. The molecule has 5 nitrogen and oxygen atoms in total. The first-order chi connectivity index (χ1) is 9.33. The standard InChI is InChI=1S/C14H18N4O/c1-10(16-12-4-2-3-5-12)14-17-13(18-19-14)11-6-8-15-9-7-11/h6-10,12,16H,2-5H2,1H3. The quantitative estimate of drug-likeness (QED) is 0.913. The molecule has 1 aliphatic carbocycles. The maximum Gasteiger partial charge on any atom is 0.243 e. The Bertz CT molecular complexity index is 519. The van der Waals surface area contributed by atoms with Crippen molar-refractivity contribution in [1.82, 2.24) is 20.4 Å². The largest absolute Gasteiger partial charge is 0.337 e. The van der Waals surface area contributed by atoms with Gasteiger partial charge in [-0.1, -0.05) is 18.0 Å². The Balaban J connectivity index is 1.70. The zero-order chi connectivity index (χ0) is 13.1. The summed E-state index contributed by atoms with van der Waals surface area (Å²) in [6, 6.07) is 4.45. The second-order valence-corrected chi connectivity index (χ2v) is 5.06. The lowest BCUT2D eigenvalue weighted by Gasteiger charge is -2.15. The molecule has 0 spiro atoms. The van der Waals surface area contributed by atoms with Gasteiger partial charge in [-0.3, -0.25) is 4.98 Å². The highest BCUT2D eigenvalue weighted by Crippen LogP contribution is 2.22. The van der Waals surface area contributed by atoms with Crippen LogP contribution in [0.3, 0.4) is 0 Å². The number of hydrogen-bond acceptors (Lipinski definition) is 5. The number of nitrogens with one attached hydrogen (secondary N) is 1. The lowest BCUT2D eigenvalue weighted by atomic mass is 10.2. The van der Waals surface area contributed by atoms with Crippen LogP contribution < -0.4 is 5.32 Å². The van der Waals surface area contributed by atoms with Crippen molar-refractivity contribution in [2.45, 2.75) is 44.7 Å². The number of nitrogens with zero attached hydrogens (tertiary/aromatic N) is 3. The van der Waals surface area contributed by atoms with Gasteiger partial charge in [0.05, 0.1) is 6.04 Å². The summed E-state index contributed by atoms with van der Waals surface area (Å²) in [6.07, 6.45) is 8.58. The highest BCUT2D eigenvalue weighted by Gasteiger charge is 2.21. The molecule has 2 aromatic heterocycles. The van der Waals surface area contributed by atoms with E-state index in [1.54, 1.807) is 12.4 Å². The van der Waals surface area contributed by atoms with Crippen molar-refractivity contribution in [3.63, 3.8) is 0 Å². The molecule has 2 heterocycles. The first-order valence-electron chi connectivity index (χ1n) is 6.83. The third-order valence-electron chi connectivity index (χ3n) is 3.59. The Kier molecular flexibility index (Phi) is 3.55. The van der Waals surface area contributed by atoms with Crippen LogP contribution in [0.15, 0.2) is 29.0 Å². The van der Waals surface area contributed by atoms with Crippen molar-refractivity contribution < 1.29 is 4.52 Å². The molecular weight excluding hydrogens is 240 g/mol. The van der Waals surface area contributed by atoms with E-state index in [-0.39, 0.29) is 6.04 Å². The highest BCUT2D eigenvalue weighted by atomic mass is 16.5. The Morgan fingerprint density at radius 2 is 2.00 bits per heavy atom.